The molecule has 1 aromatic heterocycles. The Morgan fingerprint density at radius 1 is 0.853 bits per heavy atom. The van der Waals surface area contributed by atoms with Crippen molar-refractivity contribution in [3.63, 3.8) is 0 Å². The Bertz CT molecular complexity index is 1470. The van der Waals surface area contributed by atoms with Gasteiger partial charge in [0.2, 0.25) is 5.91 Å². The molecule has 0 aliphatic heterocycles. The lowest BCUT2D eigenvalue weighted by molar-refractivity contribution is 0.0991. The van der Waals surface area contributed by atoms with Gasteiger partial charge in [0.25, 0.3) is 5.91 Å². The third-order valence-corrected chi connectivity index (χ3v) is 7.62. The Labute approximate surface area is 206 Å². The first-order chi connectivity index (χ1) is 16.2. The van der Waals surface area contributed by atoms with E-state index in [-0.39, 0.29) is 12.0 Å². The standard InChI is InChI=1S/C26H24Cl2N4O2/c27-19-7-3-13(10-20(19)28)16-11-18-17-9-14(25(30)33)4-8-21(17)32-24(18)23(26(31)34)22(16)12-1-5-15(29)6-2-12/h3-4,7-12,15,32H,1-2,5-6,29H2,(H2,30,33)(H2,31,34). The van der Waals surface area contributed by atoms with Crippen molar-refractivity contribution in [1.82, 2.24) is 4.98 Å². The van der Waals surface area contributed by atoms with E-state index in [4.69, 9.17) is 40.4 Å². The van der Waals surface area contributed by atoms with Gasteiger partial charge in [0.15, 0.2) is 0 Å². The number of rotatable bonds is 4. The Morgan fingerprint density at radius 2 is 1.59 bits per heavy atom. The van der Waals surface area contributed by atoms with Crippen molar-refractivity contribution < 1.29 is 9.59 Å². The number of nitrogens with one attached hydrogen (secondary N) is 1. The molecule has 0 atom stereocenters. The maximum atomic E-state index is 13.0. The summed E-state index contributed by atoms with van der Waals surface area (Å²) in [6, 6.07) is 12.8. The molecule has 1 heterocycles. The number of hydrogen-bond donors (Lipinski definition) is 4. The van der Waals surface area contributed by atoms with E-state index in [9.17, 15) is 9.59 Å². The SMILES string of the molecule is NC(=O)c1ccc2[nH]c3c(C(N)=O)c(C4CCC(N)CC4)c(-c4ccc(Cl)c(Cl)c4)cc3c2c1. The summed E-state index contributed by atoms with van der Waals surface area (Å²) in [6.07, 6.45) is 3.45. The zero-order valence-corrected chi connectivity index (χ0v) is 19.8. The number of benzene rings is 3. The van der Waals surface area contributed by atoms with E-state index in [0.717, 1.165) is 58.7 Å². The maximum Gasteiger partial charge on any atom is 0.251 e. The van der Waals surface area contributed by atoms with Crippen molar-refractivity contribution in [2.24, 2.45) is 17.2 Å². The fourth-order valence-electron chi connectivity index (χ4n) is 5.19. The van der Waals surface area contributed by atoms with Crippen LogP contribution in [0, 0.1) is 0 Å². The van der Waals surface area contributed by atoms with Crippen LogP contribution in [0.4, 0.5) is 0 Å². The normalized spacial score (nSPS) is 18.4. The van der Waals surface area contributed by atoms with E-state index in [0.29, 0.717) is 26.7 Å². The van der Waals surface area contributed by atoms with Gasteiger partial charge < -0.3 is 22.2 Å². The van der Waals surface area contributed by atoms with E-state index in [1.165, 1.54) is 0 Å². The Balaban J connectivity index is 1.88. The second kappa shape index (κ2) is 8.62. The molecule has 174 valence electrons. The van der Waals surface area contributed by atoms with Gasteiger partial charge >= 0.3 is 0 Å². The number of fused-ring (bicyclic) bond motifs is 3. The van der Waals surface area contributed by atoms with Crippen molar-refractivity contribution in [3.8, 4) is 11.1 Å². The van der Waals surface area contributed by atoms with Gasteiger partial charge in [0.05, 0.1) is 21.1 Å². The van der Waals surface area contributed by atoms with E-state index in [1.807, 2.05) is 12.1 Å². The van der Waals surface area contributed by atoms with Crippen molar-refractivity contribution in [1.29, 1.82) is 0 Å². The molecule has 7 N–H and O–H groups in total. The summed E-state index contributed by atoms with van der Waals surface area (Å²) < 4.78 is 0. The number of aromatic nitrogens is 1. The van der Waals surface area contributed by atoms with Gasteiger partial charge in [0.1, 0.15) is 0 Å². The van der Waals surface area contributed by atoms with Crippen molar-refractivity contribution in [2.75, 3.05) is 0 Å². The fourth-order valence-corrected chi connectivity index (χ4v) is 5.49. The summed E-state index contributed by atoms with van der Waals surface area (Å²) in [6.45, 7) is 0. The number of amides is 2. The molecule has 0 bridgehead atoms. The highest BCUT2D eigenvalue weighted by molar-refractivity contribution is 6.42. The second-order valence-electron chi connectivity index (χ2n) is 8.99. The van der Waals surface area contributed by atoms with Gasteiger partial charge in [-0.2, -0.15) is 0 Å². The number of nitrogens with two attached hydrogens (primary N) is 3. The highest BCUT2D eigenvalue weighted by Gasteiger charge is 2.29. The van der Waals surface area contributed by atoms with Gasteiger partial charge in [-0.3, -0.25) is 9.59 Å². The van der Waals surface area contributed by atoms with E-state index in [1.54, 1.807) is 30.3 Å². The number of primary amides is 2. The lowest BCUT2D eigenvalue weighted by Crippen LogP contribution is -2.27. The summed E-state index contributed by atoms with van der Waals surface area (Å²) in [4.78, 5) is 28.1. The molecule has 34 heavy (non-hydrogen) atoms. The van der Waals surface area contributed by atoms with E-state index >= 15 is 0 Å². The minimum Gasteiger partial charge on any atom is -0.366 e. The monoisotopic (exact) mass is 494 g/mol. The molecule has 1 saturated carbocycles. The molecular weight excluding hydrogens is 471 g/mol. The minimum absolute atomic E-state index is 0.115. The molecule has 0 spiro atoms. The highest BCUT2D eigenvalue weighted by atomic mass is 35.5. The van der Waals surface area contributed by atoms with Gasteiger partial charge in [-0.1, -0.05) is 29.3 Å². The number of halogens is 2. The van der Waals surface area contributed by atoms with Crippen LogP contribution in [0.5, 0.6) is 0 Å². The molecule has 4 aromatic rings. The van der Waals surface area contributed by atoms with Crippen LogP contribution in [0.25, 0.3) is 32.9 Å². The maximum absolute atomic E-state index is 13.0. The first-order valence-electron chi connectivity index (χ1n) is 11.2. The lowest BCUT2D eigenvalue weighted by Gasteiger charge is -2.29. The van der Waals surface area contributed by atoms with E-state index in [2.05, 4.69) is 4.98 Å². The molecular formula is C26H24Cl2N4O2. The molecule has 3 aromatic carbocycles. The summed E-state index contributed by atoms with van der Waals surface area (Å²) >= 11 is 12.6. The number of H-pyrrole nitrogens is 1. The zero-order valence-electron chi connectivity index (χ0n) is 18.3. The molecule has 1 aliphatic rings. The molecule has 6 nitrogen and oxygen atoms in total. The number of carbonyl (C=O) groups is 2. The van der Waals surface area contributed by atoms with Crippen LogP contribution in [0.3, 0.4) is 0 Å². The summed E-state index contributed by atoms with van der Waals surface area (Å²) in [7, 11) is 0. The topological polar surface area (TPSA) is 128 Å². The number of carbonyl (C=O) groups excluding carboxylic acids is 2. The van der Waals surface area contributed by atoms with Crippen molar-refractivity contribution in [3.05, 3.63) is 69.2 Å². The predicted octanol–water partition coefficient (Wildman–Crippen LogP) is 5.48. The quantitative estimate of drug-likeness (QED) is 0.299. The van der Waals surface area contributed by atoms with Crippen LogP contribution in [0.15, 0.2) is 42.5 Å². The summed E-state index contributed by atoms with van der Waals surface area (Å²) in [5.41, 5.74) is 22.6. The van der Waals surface area contributed by atoms with Crippen LogP contribution in [-0.2, 0) is 0 Å². The van der Waals surface area contributed by atoms with Gasteiger partial charge in [-0.05, 0) is 84.7 Å². The molecule has 0 unspecified atom stereocenters. The Kier molecular flexibility index (Phi) is 5.76. The van der Waals surface area contributed by atoms with Crippen LogP contribution >= 0.6 is 23.2 Å². The van der Waals surface area contributed by atoms with E-state index < -0.39 is 11.8 Å². The van der Waals surface area contributed by atoms with Gasteiger partial charge in [-0.15, -0.1) is 0 Å². The summed E-state index contributed by atoms with van der Waals surface area (Å²) in [5.74, 6) is -0.923. The van der Waals surface area contributed by atoms with Gasteiger partial charge in [-0.25, -0.2) is 0 Å². The summed E-state index contributed by atoms with van der Waals surface area (Å²) in [5, 5.41) is 2.44. The molecule has 0 radical (unpaired) electrons. The lowest BCUT2D eigenvalue weighted by atomic mass is 9.76. The highest BCUT2D eigenvalue weighted by Crippen LogP contribution is 2.45. The number of hydrogen-bond acceptors (Lipinski definition) is 3. The molecule has 1 fully saturated rings. The van der Waals surface area contributed by atoms with Crippen LogP contribution < -0.4 is 17.2 Å². The Morgan fingerprint density at radius 3 is 2.24 bits per heavy atom. The third-order valence-electron chi connectivity index (χ3n) is 6.88. The average Bonchev–Trinajstić information content (AvgIpc) is 3.17. The van der Waals surface area contributed by atoms with Crippen LogP contribution in [0.2, 0.25) is 10.0 Å². The molecule has 5 rings (SSSR count). The average molecular weight is 495 g/mol. The smallest absolute Gasteiger partial charge is 0.251 e. The minimum atomic E-state index is -0.522. The first kappa shape index (κ1) is 22.7. The number of aromatic amines is 1. The van der Waals surface area contributed by atoms with Crippen LogP contribution in [-0.4, -0.2) is 22.8 Å². The fraction of sp³-hybridized carbons (Fsp3) is 0.231. The molecule has 0 saturated heterocycles. The largest absolute Gasteiger partial charge is 0.366 e. The van der Waals surface area contributed by atoms with Crippen LogP contribution in [0.1, 0.15) is 57.9 Å². The predicted molar refractivity (Wildman–Crippen MR) is 137 cm³/mol. The molecule has 1 aliphatic carbocycles. The third kappa shape index (κ3) is 3.82. The second-order valence-corrected chi connectivity index (χ2v) is 9.80. The molecule has 8 heteroatoms. The van der Waals surface area contributed by atoms with Crippen molar-refractivity contribution in [2.45, 2.75) is 37.6 Å². The van der Waals surface area contributed by atoms with Crippen molar-refractivity contribution >= 4 is 56.8 Å². The zero-order chi connectivity index (χ0) is 24.1. The first-order valence-corrected chi connectivity index (χ1v) is 11.9. The Hall–Kier alpha value is -3.06. The molecule has 2 amide bonds. The van der Waals surface area contributed by atoms with Gasteiger partial charge in [0, 0.05) is 27.9 Å².